The molecule has 0 unspecified atom stereocenters. The number of imide groups is 1. The van der Waals surface area contributed by atoms with Gasteiger partial charge in [0, 0.05) is 10.9 Å². The van der Waals surface area contributed by atoms with E-state index in [0.29, 0.717) is 29.3 Å². The molecule has 180 valence electrons. The summed E-state index contributed by atoms with van der Waals surface area (Å²) in [7, 11) is 0. The molecular formula is C25H29N3O5S. The van der Waals surface area contributed by atoms with E-state index in [1.165, 1.54) is 11.3 Å². The molecule has 1 saturated heterocycles. The Hall–Kier alpha value is -3.20. The van der Waals surface area contributed by atoms with Crippen molar-refractivity contribution in [1.29, 1.82) is 0 Å². The van der Waals surface area contributed by atoms with Crippen LogP contribution in [-0.2, 0) is 14.3 Å². The average Bonchev–Trinajstić information content (AvgIpc) is 3.35. The maximum absolute atomic E-state index is 13.1. The van der Waals surface area contributed by atoms with Gasteiger partial charge in [-0.25, -0.2) is 9.59 Å². The molecule has 8 nitrogen and oxygen atoms in total. The van der Waals surface area contributed by atoms with Crippen LogP contribution in [0.4, 0.5) is 9.80 Å². The molecule has 2 aromatic rings. The minimum Gasteiger partial charge on any atom is -0.462 e. The Balaban J connectivity index is 1.50. The van der Waals surface area contributed by atoms with Crippen LogP contribution in [0, 0.1) is 5.92 Å². The fourth-order valence-electron chi connectivity index (χ4n) is 4.73. The number of rotatable bonds is 7. The number of amides is 4. The van der Waals surface area contributed by atoms with Crippen molar-refractivity contribution in [2.24, 2.45) is 5.92 Å². The van der Waals surface area contributed by atoms with Crippen molar-refractivity contribution in [3.63, 3.8) is 0 Å². The molecule has 4 amide bonds. The highest BCUT2D eigenvalue weighted by atomic mass is 32.1. The lowest BCUT2D eigenvalue weighted by atomic mass is 9.75. The summed E-state index contributed by atoms with van der Waals surface area (Å²) in [6, 6.07) is 8.80. The van der Waals surface area contributed by atoms with E-state index in [4.69, 9.17) is 4.74 Å². The molecule has 1 aromatic carbocycles. The number of thiophene rings is 1. The minimum atomic E-state index is -0.900. The Labute approximate surface area is 202 Å². The number of carbonyl (C=O) groups excluding carboxylic acids is 4. The van der Waals surface area contributed by atoms with Crippen LogP contribution in [0.15, 0.2) is 35.7 Å². The fourth-order valence-corrected chi connectivity index (χ4v) is 5.71. The highest BCUT2D eigenvalue weighted by Crippen LogP contribution is 2.38. The van der Waals surface area contributed by atoms with Gasteiger partial charge in [0.2, 0.25) is 5.91 Å². The monoisotopic (exact) mass is 483 g/mol. The maximum Gasteiger partial charge on any atom is 0.341 e. The number of carbonyl (C=O) groups is 4. The summed E-state index contributed by atoms with van der Waals surface area (Å²) in [6.07, 6.45) is 3.99. The van der Waals surface area contributed by atoms with Crippen LogP contribution in [0.3, 0.4) is 0 Å². The van der Waals surface area contributed by atoms with Gasteiger partial charge in [-0.05, 0) is 44.1 Å². The molecule has 1 aliphatic carbocycles. The lowest BCUT2D eigenvalue weighted by Gasteiger charge is -2.34. The molecule has 1 aliphatic heterocycles. The van der Waals surface area contributed by atoms with Gasteiger partial charge < -0.3 is 15.4 Å². The predicted molar refractivity (Wildman–Crippen MR) is 130 cm³/mol. The first-order valence-corrected chi connectivity index (χ1v) is 12.5. The van der Waals surface area contributed by atoms with Crippen molar-refractivity contribution in [2.75, 3.05) is 18.5 Å². The minimum absolute atomic E-state index is 0.194. The van der Waals surface area contributed by atoms with Gasteiger partial charge in [-0.15, -0.1) is 11.3 Å². The summed E-state index contributed by atoms with van der Waals surface area (Å²) in [6.45, 7) is 3.63. The number of hydrogen-bond donors (Lipinski definition) is 2. The molecule has 2 heterocycles. The molecule has 0 bridgehead atoms. The van der Waals surface area contributed by atoms with Gasteiger partial charge in [0.1, 0.15) is 22.6 Å². The van der Waals surface area contributed by atoms with Crippen LogP contribution < -0.4 is 10.6 Å². The topological polar surface area (TPSA) is 105 Å². The molecule has 4 rings (SSSR count). The zero-order chi connectivity index (χ0) is 24.3. The van der Waals surface area contributed by atoms with Gasteiger partial charge in [-0.2, -0.15) is 0 Å². The quantitative estimate of drug-likeness (QED) is 0.448. The molecule has 1 aromatic heterocycles. The van der Waals surface area contributed by atoms with Crippen LogP contribution in [0.2, 0.25) is 0 Å². The van der Waals surface area contributed by atoms with E-state index in [0.717, 1.165) is 29.7 Å². The molecule has 2 aliphatic rings. The van der Waals surface area contributed by atoms with Gasteiger partial charge in [-0.1, -0.05) is 43.7 Å². The highest BCUT2D eigenvalue weighted by Gasteiger charge is 2.52. The van der Waals surface area contributed by atoms with Crippen LogP contribution >= 0.6 is 11.3 Å². The van der Waals surface area contributed by atoms with Gasteiger partial charge in [-0.3, -0.25) is 14.5 Å². The van der Waals surface area contributed by atoms with Gasteiger partial charge >= 0.3 is 12.0 Å². The van der Waals surface area contributed by atoms with Crippen molar-refractivity contribution in [3.8, 4) is 11.1 Å². The normalized spacial score (nSPS) is 22.1. The van der Waals surface area contributed by atoms with E-state index >= 15 is 0 Å². The second-order valence-electron chi connectivity index (χ2n) is 8.74. The number of nitrogens with zero attached hydrogens (tertiary/aromatic N) is 1. The van der Waals surface area contributed by atoms with Gasteiger partial charge in [0.15, 0.2) is 0 Å². The van der Waals surface area contributed by atoms with Crippen LogP contribution in [-0.4, -0.2) is 47.4 Å². The van der Waals surface area contributed by atoms with E-state index in [2.05, 4.69) is 17.6 Å². The van der Waals surface area contributed by atoms with Crippen LogP contribution in [0.25, 0.3) is 11.1 Å². The van der Waals surface area contributed by atoms with Gasteiger partial charge in [0.05, 0.1) is 6.61 Å². The predicted octanol–water partition coefficient (Wildman–Crippen LogP) is 4.42. The van der Waals surface area contributed by atoms with E-state index < -0.39 is 30.0 Å². The summed E-state index contributed by atoms with van der Waals surface area (Å²) in [5.41, 5.74) is 0.836. The second-order valence-corrected chi connectivity index (χ2v) is 9.62. The van der Waals surface area contributed by atoms with E-state index in [-0.39, 0.29) is 18.1 Å². The Morgan fingerprint density at radius 1 is 1.18 bits per heavy atom. The first kappa shape index (κ1) is 23.9. The summed E-state index contributed by atoms with van der Waals surface area (Å²) in [5.74, 6) is -0.870. The number of nitrogens with one attached hydrogen (secondary N) is 2. The molecule has 1 saturated carbocycles. The number of esters is 1. The molecule has 0 atom stereocenters. The third-order valence-corrected chi connectivity index (χ3v) is 7.59. The highest BCUT2D eigenvalue weighted by molar-refractivity contribution is 7.15. The van der Waals surface area contributed by atoms with Crippen molar-refractivity contribution >= 4 is 40.2 Å². The van der Waals surface area contributed by atoms with E-state index in [1.54, 1.807) is 12.3 Å². The van der Waals surface area contributed by atoms with E-state index in [1.807, 2.05) is 30.3 Å². The summed E-state index contributed by atoms with van der Waals surface area (Å²) >= 11 is 1.20. The first-order valence-electron chi connectivity index (χ1n) is 11.7. The molecule has 2 N–H and O–H groups in total. The third kappa shape index (κ3) is 4.57. The van der Waals surface area contributed by atoms with Crippen molar-refractivity contribution < 1.29 is 23.9 Å². The summed E-state index contributed by atoms with van der Waals surface area (Å²) in [5, 5.41) is 7.67. The summed E-state index contributed by atoms with van der Waals surface area (Å²) < 4.78 is 5.22. The Morgan fingerprint density at radius 2 is 1.88 bits per heavy atom. The molecule has 2 fully saturated rings. The molecule has 1 spiro atoms. The van der Waals surface area contributed by atoms with Crippen LogP contribution in [0.5, 0.6) is 0 Å². The SMILES string of the molecule is CCOC(=O)c1c(-c2ccccc2)csc1NC(=O)CN1C(=O)NC2(CCC(CC)CC2)C1=O. The first-order chi connectivity index (χ1) is 16.4. The lowest BCUT2D eigenvalue weighted by Crippen LogP contribution is -2.49. The summed E-state index contributed by atoms with van der Waals surface area (Å²) in [4.78, 5) is 52.3. The number of ether oxygens (including phenoxy) is 1. The van der Waals surface area contributed by atoms with Crippen LogP contribution in [0.1, 0.15) is 56.3 Å². The second kappa shape index (κ2) is 9.97. The van der Waals surface area contributed by atoms with Crippen molar-refractivity contribution in [2.45, 2.75) is 51.5 Å². The number of hydrogen-bond acceptors (Lipinski definition) is 6. The largest absolute Gasteiger partial charge is 0.462 e. The number of urea groups is 1. The standard InChI is InChI=1S/C25H29N3O5S/c1-3-16-10-12-25(13-11-16)23(31)28(24(32)27-25)14-19(29)26-21-20(22(30)33-4-2)18(15-34-21)17-8-6-5-7-9-17/h5-9,15-16H,3-4,10-14H2,1-2H3,(H,26,29)(H,27,32). The third-order valence-electron chi connectivity index (χ3n) is 6.69. The molecule has 9 heteroatoms. The zero-order valence-electron chi connectivity index (χ0n) is 19.4. The number of benzene rings is 1. The Kier molecular flexibility index (Phi) is 7.02. The molecule has 0 radical (unpaired) electrons. The fraction of sp³-hybridized carbons (Fsp3) is 0.440. The molecule has 34 heavy (non-hydrogen) atoms. The zero-order valence-corrected chi connectivity index (χ0v) is 20.2. The number of anilines is 1. The smallest absolute Gasteiger partial charge is 0.341 e. The van der Waals surface area contributed by atoms with E-state index in [9.17, 15) is 19.2 Å². The van der Waals surface area contributed by atoms with Crippen molar-refractivity contribution in [3.05, 3.63) is 41.3 Å². The maximum atomic E-state index is 13.1. The molecular weight excluding hydrogens is 454 g/mol. The lowest BCUT2D eigenvalue weighted by molar-refractivity contribution is -0.135. The van der Waals surface area contributed by atoms with Crippen molar-refractivity contribution in [1.82, 2.24) is 10.2 Å². The average molecular weight is 484 g/mol. The van der Waals surface area contributed by atoms with Gasteiger partial charge in [0.25, 0.3) is 5.91 Å². The Morgan fingerprint density at radius 3 is 2.53 bits per heavy atom. The Bertz CT molecular complexity index is 1090.